The summed E-state index contributed by atoms with van der Waals surface area (Å²) < 4.78 is 10.6. The van der Waals surface area contributed by atoms with Crippen molar-refractivity contribution in [3.05, 3.63) is 89.7 Å². The second-order valence-corrected chi connectivity index (χ2v) is 9.81. The van der Waals surface area contributed by atoms with E-state index in [1.165, 1.54) is 0 Å². The molecule has 11 nitrogen and oxygen atoms in total. The van der Waals surface area contributed by atoms with Gasteiger partial charge in [-0.25, -0.2) is 9.59 Å². The number of nitrogens with one attached hydrogen (secondary N) is 4. The minimum atomic E-state index is -0.619. The number of anilines is 6. The number of benzene rings is 3. The molecule has 206 valence electrons. The van der Waals surface area contributed by atoms with E-state index in [4.69, 9.17) is 21.1 Å². The van der Waals surface area contributed by atoms with Gasteiger partial charge in [0.25, 0.3) is 0 Å². The lowest BCUT2D eigenvalue weighted by Gasteiger charge is -2.19. The third kappa shape index (κ3) is 9.14. The normalized spacial score (nSPS) is 10.8. The van der Waals surface area contributed by atoms with Crippen LogP contribution in [0.5, 0.6) is 0 Å². The van der Waals surface area contributed by atoms with Crippen molar-refractivity contribution in [1.82, 2.24) is 15.0 Å². The highest BCUT2D eigenvalue weighted by Crippen LogP contribution is 2.23. The number of rotatable bonds is 8. The van der Waals surface area contributed by atoms with Gasteiger partial charge in [0.05, 0.1) is 0 Å². The van der Waals surface area contributed by atoms with Crippen LogP contribution in [-0.2, 0) is 16.1 Å². The molecular formula is C28H28ClN7O4. The van der Waals surface area contributed by atoms with Gasteiger partial charge < -0.3 is 20.1 Å². The molecule has 0 aliphatic rings. The summed E-state index contributed by atoms with van der Waals surface area (Å²) in [4.78, 5) is 36.9. The van der Waals surface area contributed by atoms with Gasteiger partial charge in [-0.15, -0.1) is 0 Å². The first-order valence-electron chi connectivity index (χ1n) is 12.2. The van der Waals surface area contributed by atoms with Crippen molar-refractivity contribution < 1.29 is 19.1 Å². The number of carbonyl (C=O) groups is 2. The molecule has 1 aromatic heterocycles. The summed E-state index contributed by atoms with van der Waals surface area (Å²) in [7, 11) is 0. The monoisotopic (exact) mass is 561 g/mol. The Labute approximate surface area is 236 Å². The molecule has 0 aliphatic carbocycles. The quantitative estimate of drug-likeness (QED) is 0.177. The van der Waals surface area contributed by atoms with Crippen LogP contribution in [0.15, 0.2) is 78.9 Å². The lowest BCUT2D eigenvalue weighted by Crippen LogP contribution is -2.27. The first-order valence-corrected chi connectivity index (χ1v) is 12.6. The average Bonchev–Trinajstić information content (AvgIpc) is 2.87. The van der Waals surface area contributed by atoms with Crippen LogP contribution in [0.4, 0.5) is 44.2 Å². The molecule has 1 heterocycles. The highest BCUT2D eigenvalue weighted by atomic mass is 35.5. The Morgan fingerprint density at radius 3 is 1.80 bits per heavy atom. The number of halogens is 1. The zero-order chi connectivity index (χ0) is 28.5. The van der Waals surface area contributed by atoms with Crippen molar-refractivity contribution in [2.24, 2.45) is 0 Å². The number of hydrogen-bond donors (Lipinski definition) is 4. The van der Waals surface area contributed by atoms with Gasteiger partial charge in [-0.2, -0.15) is 15.0 Å². The maximum absolute atomic E-state index is 12.2. The van der Waals surface area contributed by atoms with E-state index in [2.05, 4.69) is 36.2 Å². The number of amides is 2. The third-order valence-electron chi connectivity index (χ3n) is 4.95. The second kappa shape index (κ2) is 12.8. The molecule has 40 heavy (non-hydrogen) atoms. The van der Waals surface area contributed by atoms with Gasteiger partial charge in [-0.3, -0.25) is 10.6 Å². The lowest BCUT2D eigenvalue weighted by atomic mass is 10.2. The Morgan fingerprint density at radius 1 is 0.725 bits per heavy atom. The van der Waals surface area contributed by atoms with E-state index in [9.17, 15) is 9.59 Å². The highest BCUT2D eigenvalue weighted by molar-refractivity contribution is 6.28. The molecule has 0 aliphatic heterocycles. The second-order valence-electron chi connectivity index (χ2n) is 9.48. The fourth-order valence-electron chi connectivity index (χ4n) is 3.37. The Bertz CT molecular complexity index is 1480. The average molecular weight is 562 g/mol. The molecular weight excluding hydrogens is 534 g/mol. The molecule has 0 spiro atoms. The van der Waals surface area contributed by atoms with E-state index in [1.807, 2.05) is 30.3 Å². The van der Waals surface area contributed by atoms with Gasteiger partial charge in [-0.05, 0) is 74.3 Å². The summed E-state index contributed by atoms with van der Waals surface area (Å²) in [6.07, 6.45) is -1.15. The van der Waals surface area contributed by atoms with Crippen LogP contribution in [0.25, 0.3) is 0 Å². The van der Waals surface area contributed by atoms with Crippen LogP contribution >= 0.6 is 11.6 Å². The topological polar surface area (TPSA) is 139 Å². The lowest BCUT2D eigenvalue weighted by molar-refractivity contribution is 0.0636. The van der Waals surface area contributed by atoms with Crippen LogP contribution in [-0.4, -0.2) is 32.7 Å². The van der Waals surface area contributed by atoms with Gasteiger partial charge >= 0.3 is 12.2 Å². The molecule has 12 heteroatoms. The van der Waals surface area contributed by atoms with E-state index in [0.29, 0.717) is 22.7 Å². The summed E-state index contributed by atoms with van der Waals surface area (Å²) in [6, 6.07) is 23.3. The summed E-state index contributed by atoms with van der Waals surface area (Å²) in [6.45, 7) is 5.52. The van der Waals surface area contributed by atoms with Crippen molar-refractivity contribution in [1.29, 1.82) is 0 Å². The molecule has 0 fully saturated rings. The van der Waals surface area contributed by atoms with Gasteiger partial charge in [0, 0.05) is 22.7 Å². The first kappa shape index (κ1) is 28.1. The number of hydrogen-bond acceptors (Lipinski definition) is 9. The maximum atomic E-state index is 12.2. The minimum Gasteiger partial charge on any atom is -0.444 e. The van der Waals surface area contributed by atoms with Crippen LogP contribution in [0, 0.1) is 0 Å². The minimum absolute atomic E-state index is 0.0400. The first-order chi connectivity index (χ1) is 19.1. The molecule has 0 radical (unpaired) electrons. The van der Waals surface area contributed by atoms with Crippen molar-refractivity contribution in [3.63, 3.8) is 0 Å². The van der Waals surface area contributed by atoms with Crippen molar-refractivity contribution in [3.8, 4) is 0 Å². The van der Waals surface area contributed by atoms with Gasteiger partial charge in [0.1, 0.15) is 12.2 Å². The Hall–Kier alpha value is -4.90. The molecule has 0 bridgehead atoms. The predicted molar refractivity (Wildman–Crippen MR) is 154 cm³/mol. The number of nitrogens with zero attached hydrogens (tertiary/aromatic N) is 3. The summed E-state index contributed by atoms with van der Waals surface area (Å²) in [5, 5.41) is 11.4. The van der Waals surface area contributed by atoms with Crippen LogP contribution in [0.3, 0.4) is 0 Å². The largest absolute Gasteiger partial charge is 0.444 e. The van der Waals surface area contributed by atoms with E-state index in [-0.39, 0.29) is 23.8 Å². The van der Waals surface area contributed by atoms with Crippen LogP contribution in [0.1, 0.15) is 26.3 Å². The molecule has 0 saturated carbocycles. The van der Waals surface area contributed by atoms with Crippen LogP contribution < -0.4 is 21.3 Å². The fraction of sp³-hybridized carbons (Fsp3) is 0.179. The Balaban J connectivity index is 1.38. The smallest absolute Gasteiger partial charge is 0.412 e. The molecule has 0 atom stereocenters. The van der Waals surface area contributed by atoms with Crippen molar-refractivity contribution >= 4 is 58.4 Å². The van der Waals surface area contributed by atoms with Gasteiger partial charge in [0.2, 0.25) is 17.2 Å². The summed E-state index contributed by atoms with van der Waals surface area (Å²) in [5.41, 5.74) is 2.49. The maximum Gasteiger partial charge on any atom is 0.412 e. The molecule has 4 aromatic rings. The summed E-state index contributed by atoms with van der Waals surface area (Å²) >= 11 is 6.14. The van der Waals surface area contributed by atoms with E-state index in [0.717, 1.165) is 5.56 Å². The number of aromatic nitrogens is 3. The molecule has 2 amide bonds. The molecule has 0 saturated heterocycles. The van der Waals surface area contributed by atoms with E-state index >= 15 is 0 Å². The zero-order valence-electron chi connectivity index (χ0n) is 22.1. The van der Waals surface area contributed by atoms with Gasteiger partial charge in [-0.1, -0.05) is 42.5 Å². The van der Waals surface area contributed by atoms with E-state index in [1.54, 1.807) is 69.3 Å². The summed E-state index contributed by atoms with van der Waals surface area (Å²) in [5.74, 6) is 0.352. The highest BCUT2D eigenvalue weighted by Gasteiger charge is 2.16. The Kier molecular flexibility index (Phi) is 8.97. The fourth-order valence-corrected chi connectivity index (χ4v) is 3.53. The molecule has 4 rings (SSSR count). The third-order valence-corrected chi connectivity index (χ3v) is 5.12. The van der Waals surface area contributed by atoms with Crippen molar-refractivity contribution in [2.45, 2.75) is 33.0 Å². The van der Waals surface area contributed by atoms with Crippen molar-refractivity contribution in [2.75, 3.05) is 21.3 Å². The molecule has 4 N–H and O–H groups in total. The molecule has 0 unspecified atom stereocenters. The van der Waals surface area contributed by atoms with E-state index < -0.39 is 17.8 Å². The predicted octanol–water partition coefficient (Wildman–Crippen LogP) is 7.11. The number of carbonyl (C=O) groups excluding carboxylic acids is 2. The SMILES string of the molecule is CC(C)(C)OC(=O)Nc1cccc(Nc2nc(Cl)nc(Nc3cccc(NC(=O)OCc4ccccc4)c3)n2)c1. The zero-order valence-corrected chi connectivity index (χ0v) is 22.8. The molecule has 3 aromatic carbocycles. The van der Waals surface area contributed by atoms with Crippen LogP contribution in [0.2, 0.25) is 5.28 Å². The standard InChI is InChI=1S/C28H28ClN7O4/c1-28(2,3)40-27(38)33-22-14-8-12-20(16-22)31-25-35-23(29)34-24(36-25)30-19-11-7-13-21(15-19)32-26(37)39-17-18-9-5-4-6-10-18/h4-16H,17H2,1-3H3,(H,32,37)(H,33,38)(H2,30,31,34,35,36). The number of ether oxygens (including phenoxy) is 2. The Morgan fingerprint density at radius 2 is 1.25 bits per heavy atom. The van der Waals surface area contributed by atoms with Gasteiger partial charge in [0.15, 0.2) is 0 Å².